The smallest absolute Gasteiger partial charge is 0.249 e. The van der Waals surface area contributed by atoms with Gasteiger partial charge >= 0.3 is 0 Å². The molecule has 2 amide bonds. The molecule has 3 fully saturated rings. The fraction of sp³-hybridized carbons (Fsp3) is 0.846. The number of hydrogen-bond acceptors (Lipinski definition) is 3. The first kappa shape index (κ1) is 12.0. The van der Waals surface area contributed by atoms with Crippen molar-refractivity contribution >= 4 is 11.8 Å². The van der Waals surface area contributed by atoms with Crippen molar-refractivity contribution in [3.63, 3.8) is 0 Å². The number of carbonyl (C=O) groups excluding carboxylic acids is 2. The van der Waals surface area contributed by atoms with Gasteiger partial charge in [-0.25, -0.2) is 0 Å². The van der Waals surface area contributed by atoms with Crippen molar-refractivity contribution in [1.82, 2.24) is 10.2 Å². The molecule has 5 nitrogen and oxygen atoms in total. The molecule has 1 aliphatic carbocycles. The maximum Gasteiger partial charge on any atom is 0.249 e. The third-order valence-electron chi connectivity index (χ3n) is 4.39. The second kappa shape index (κ2) is 4.23. The highest BCUT2D eigenvalue weighted by molar-refractivity contribution is 5.98. The lowest BCUT2D eigenvalue weighted by atomic mass is 9.90. The van der Waals surface area contributed by atoms with E-state index in [1.807, 2.05) is 6.92 Å². The SMILES string of the molecule is CC1(C2CC2)NC(=O)CN(C2CCCOC2)C1=O. The Kier molecular flexibility index (Phi) is 2.81. The van der Waals surface area contributed by atoms with E-state index in [2.05, 4.69) is 5.32 Å². The van der Waals surface area contributed by atoms with Crippen LogP contribution in [0.4, 0.5) is 0 Å². The molecule has 0 radical (unpaired) electrons. The Labute approximate surface area is 107 Å². The molecule has 0 aromatic rings. The van der Waals surface area contributed by atoms with Crippen LogP contribution in [0.3, 0.4) is 0 Å². The summed E-state index contributed by atoms with van der Waals surface area (Å²) in [6, 6.07) is 0.0791. The molecule has 2 aliphatic heterocycles. The molecule has 3 aliphatic rings. The number of nitrogens with zero attached hydrogens (tertiary/aromatic N) is 1. The zero-order valence-corrected chi connectivity index (χ0v) is 10.8. The fourth-order valence-corrected chi connectivity index (χ4v) is 3.11. The molecule has 1 N–H and O–H groups in total. The van der Waals surface area contributed by atoms with Crippen LogP contribution in [0, 0.1) is 5.92 Å². The highest BCUT2D eigenvalue weighted by Gasteiger charge is 2.53. The molecule has 0 aromatic heterocycles. The van der Waals surface area contributed by atoms with Gasteiger partial charge in [0.05, 0.1) is 12.6 Å². The number of amides is 2. The molecule has 0 spiro atoms. The highest BCUT2D eigenvalue weighted by Crippen LogP contribution is 2.42. The van der Waals surface area contributed by atoms with Crippen LogP contribution < -0.4 is 5.32 Å². The molecule has 2 unspecified atom stereocenters. The third kappa shape index (κ3) is 1.90. The number of nitrogens with one attached hydrogen (secondary N) is 1. The Hall–Kier alpha value is -1.10. The number of piperazine rings is 1. The van der Waals surface area contributed by atoms with Gasteiger partial charge < -0.3 is 15.0 Å². The molecule has 0 aromatic carbocycles. The molecule has 2 heterocycles. The quantitative estimate of drug-likeness (QED) is 0.768. The van der Waals surface area contributed by atoms with E-state index in [4.69, 9.17) is 4.74 Å². The van der Waals surface area contributed by atoms with Gasteiger partial charge in [-0.2, -0.15) is 0 Å². The third-order valence-corrected chi connectivity index (χ3v) is 4.39. The van der Waals surface area contributed by atoms with Crippen molar-refractivity contribution in [3.05, 3.63) is 0 Å². The lowest BCUT2D eigenvalue weighted by Crippen LogP contribution is -2.68. The summed E-state index contributed by atoms with van der Waals surface area (Å²) in [5, 5.41) is 2.90. The fourth-order valence-electron chi connectivity index (χ4n) is 3.11. The minimum atomic E-state index is -0.674. The van der Waals surface area contributed by atoms with Gasteiger partial charge in [-0.15, -0.1) is 0 Å². The van der Waals surface area contributed by atoms with Crippen LogP contribution in [0.15, 0.2) is 0 Å². The van der Waals surface area contributed by atoms with Crippen LogP contribution >= 0.6 is 0 Å². The monoisotopic (exact) mass is 252 g/mol. The molecule has 100 valence electrons. The van der Waals surface area contributed by atoms with Gasteiger partial charge in [0.2, 0.25) is 11.8 Å². The summed E-state index contributed by atoms with van der Waals surface area (Å²) in [7, 11) is 0. The second-order valence-corrected chi connectivity index (χ2v) is 5.83. The van der Waals surface area contributed by atoms with Crippen molar-refractivity contribution in [2.45, 2.75) is 44.2 Å². The summed E-state index contributed by atoms with van der Waals surface area (Å²) < 4.78 is 5.44. The van der Waals surface area contributed by atoms with Crippen LogP contribution in [0.2, 0.25) is 0 Å². The van der Waals surface area contributed by atoms with Gasteiger partial charge in [-0.1, -0.05) is 0 Å². The Morgan fingerprint density at radius 1 is 1.33 bits per heavy atom. The van der Waals surface area contributed by atoms with Crippen LogP contribution in [0.5, 0.6) is 0 Å². The van der Waals surface area contributed by atoms with Crippen molar-refractivity contribution in [2.75, 3.05) is 19.8 Å². The Bertz CT molecular complexity index is 374. The predicted molar refractivity (Wildman–Crippen MR) is 64.8 cm³/mol. The minimum Gasteiger partial charge on any atom is -0.379 e. The number of ether oxygens (including phenoxy) is 1. The predicted octanol–water partition coefficient (Wildman–Crippen LogP) is 0.292. The summed E-state index contributed by atoms with van der Waals surface area (Å²) in [4.78, 5) is 26.2. The summed E-state index contributed by atoms with van der Waals surface area (Å²) in [5.41, 5.74) is -0.674. The van der Waals surface area contributed by atoms with Crippen molar-refractivity contribution in [3.8, 4) is 0 Å². The van der Waals surface area contributed by atoms with Crippen LogP contribution in [0.25, 0.3) is 0 Å². The first-order chi connectivity index (χ1) is 8.61. The van der Waals surface area contributed by atoms with Crippen molar-refractivity contribution in [1.29, 1.82) is 0 Å². The van der Waals surface area contributed by atoms with Gasteiger partial charge in [0, 0.05) is 6.61 Å². The zero-order valence-electron chi connectivity index (χ0n) is 10.8. The molecule has 3 rings (SSSR count). The van der Waals surface area contributed by atoms with Gasteiger partial charge in [0.25, 0.3) is 0 Å². The topological polar surface area (TPSA) is 58.6 Å². The second-order valence-electron chi connectivity index (χ2n) is 5.83. The molecule has 5 heteroatoms. The summed E-state index contributed by atoms with van der Waals surface area (Å²) in [6.45, 7) is 3.40. The lowest BCUT2D eigenvalue weighted by molar-refractivity contribution is -0.155. The molecular weight excluding hydrogens is 232 g/mol. The Balaban J connectivity index is 1.80. The summed E-state index contributed by atoms with van der Waals surface area (Å²) >= 11 is 0. The van der Waals surface area contributed by atoms with Crippen molar-refractivity contribution < 1.29 is 14.3 Å². The van der Waals surface area contributed by atoms with Gasteiger partial charge in [0.1, 0.15) is 12.1 Å². The molecular formula is C13H20N2O3. The van der Waals surface area contributed by atoms with Gasteiger partial charge in [0.15, 0.2) is 0 Å². The van der Waals surface area contributed by atoms with E-state index in [1.165, 1.54) is 0 Å². The van der Waals surface area contributed by atoms with Crippen LogP contribution in [-0.2, 0) is 14.3 Å². The normalized spacial score (nSPS) is 37.6. The van der Waals surface area contributed by atoms with Gasteiger partial charge in [-0.05, 0) is 38.5 Å². The Morgan fingerprint density at radius 2 is 2.11 bits per heavy atom. The maximum absolute atomic E-state index is 12.6. The maximum atomic E-state index is 12.6. The summed E-state index contributed by atoms with van der Waals surface area (Å²) in [5.74, 6) is 0.371. The Morgan fingerprint density at radius 3 is 2.72 bits per heavy atom. The minimum absolute atomic E-state index is 0.0328. The van der Waals surface area contributed by atoms with E-state index in [0.717, 1.165) is 32.3 Å². The average Bonchev–Trinajstić information content (AvgIpc) is 3.19. The first-order valence-electron chi connectivity index (χ1n) is 6.81. The number of carbonyl (C=O) groups is 2. The molecule has 18 heavy (non-hydrogen) atoms. The molecule has 2 atom stereocenters. The summed E-state index contributed by atoms with van der Waals surface area (Å²) in [6.07, 6.45) is 3.99. The zero-order chi connectivity index (χ0) is 12.8. The average molecular weight is 252 g/mol. The van der Waals surface area contributed by atoms with E-state index in [0.29, 0.717) is 12.5 Å². The molecule has 0 bridgehead atoms. The van der Waals surface area contributed by atoms with E-state index in [-0.39, 0.29) is 24.4 Å². The first-order valence-corrected chi connectivity index (χ1v) is 6.81. The van der Waals surface area contributed by atoms with E-state index in [9.17, 15) is 9.59 Å². The molecule has 2 saturated heterocycles. The van der Waals surface area contributed by atoms with Crippen LogP contribution in [-0.4, -0.2) is 48.1 Å². The van der Waals surface area contributed by atoms with Crippen molar-refractivity contribution in [2.24, 2.45) is 5.92 Å². The number of rotatable bonds is 2. The highest BCUT2D eigenvalue weighted by atomic mass is 16.5. The lowest BCUT2D eigenvalue weighted by Gasteiger charge is -2.44. The number of hydrogen-bond donors (Lipinski definition) is 1. The van der Waals surface area contributed by atoms with E-state index < -0.39 is 5.54 Å². The van der Waals surface area contributed by atoms with Gasteiger partial charge in [-0.3, -0.25) is 9.59 Å². The van der Waals surface area contributed by atoms with E-state index in [1.54, 1.807) is 4.90 Å². The standard InChI is InChI=1S/C13H20N2O3/c1-13(9-4-5-9)12(17)15(7-11(16)14-13)10-3-2-6-18-8-10/h9-10H,2-8H2,1H3,(H,14,16). The van der Waals surface area contributed by atoms with E-state index >= 15 is 0 Å². The van der Waals surface area contributed by atoms with Crippen LogP contribution in [0.1, 0.15) is 32.6 Å². The largest absolute Gasteiger partial charge is 0.379 e. The molecule has 1 saturated carbocycles.